The molecule has 1 heterocycles. The maximum absolute atomic E-state index is 12.3. The Bertz CT molecular complexity index is 792. The number of nitriles is 1. The minimum atomic E-state index is -3.47. The minimum absolute atomic E-state index is 0.173. The van der Waals surface area contributed by atoms with Gasteiger partial charge in [0.05, 0.1) is 10.6 Å². The topological polar surface area (TPSA) is 96.8 Å². The molecule has 0 atom stereocenters. The molecule has 0 aliphatic heterocycles. The third-order valence-electron chi connectivity index (χ3n) is 2.90. The van der Waals surface area contributed by atoms with Crippen molar-refractivity contribution >= 4 is 15.5 Å². The van der Waals surface area contributed by atoms with Gasteiger partial charge in [-0.05, 0) is 48.4 Å². The normalized spacial score (nSPS) is 11.0. The maximum Gasteiger partial charge on any atom is 0.182 e. The lowest BCUT2D eigenvalue weighted by atomic mass is 10.2. The number of aromatic nitrogens is 1. The van der Waals surface area contributed by atoms with E-state index >= 15 is 0 Å². The molecule has 2 rings (SSSR count). The molecule has 0 unspecified atom stereocenters. The molecule has 2 N–H and O–H groups in total. The summed E-state index contributed by atoms with van der Waals surface area (Å²) in [6, 6.07) is 9.57. The van der Waals surface area contributed by atoms with Crippen molar-refractivity contribution in [3.63, 3.8) is 0 Å². The number of anilines is 1. The SMILES string of the molecule is Cc1cc(S(=O)(=O)Cc2ccnc(C#N)c2)ccc1N. The molecule has 2 aromatic rings. The van der Waals surface area contributed by atoms with E-state index < -0.39 is 9.84 Å². The van der Waals surface area contributed by atoms with Crippen LogP contribution in [0.3, 0.4) is 0 Å². The van der Waals surface area contributed by atoms with Crippen LogP contribution in [0.5, 0.6) is 0 Å². The predicted molar refractivity (Wildman–Crippen MR) is 75.4 cm³/mol. The molecule has 0 spiro atoms. The fraction of sp³-hybridized carbons (Fsp3) is 0.143. The molecular weight excluding hydrogens is 274 g/mol. The Morgan fingerprint density at radius 2 is 2.05 bits per heavy atom. The van der Waals surface area contributed by atoms with Crippen molar-refractivity contribution in [3.05, 3.63) is 53.3 Å². The van der Waals surface area contributed by atoms with Crippen LogP contribution in [0.25, 0.3) is 0 Å². The molecule has 0 bridgehead atoms. The first kappa shape index (κ1) is 14.0. The average molecular weight is 287 g/mol. The molecule has 1 aromatic carbocycles. The summed E-state index contributed by atoms with van der Waals surface area (Å²) in [6.45, 7) is 1.76. The van der Waals surface area contributed by atoms with Gasteiger partial charge in [0.2, 0.25) is 0 Å². The van der Waals surface area contributed by atoms with Gasteiger partial charge in [-0.1, -0.05) is 0 Å². The molecule has 1 aromatic heterocycles. The number of aryl methyl sites for hydroxylation is 1. The van der Waals surface area contributed by atoms with E-state index in [1.54, 1.807) is 25.1 Å². The first-order chi connectivity index (χ1) is 9.42. The number of nitrogens with zero attached hydrogens (tertiary/aromatic N) is 2. The first-order valence-electron chi connectivity index (χ1n) is 5.86. The second-order valence-corrected chi connectivity index (χ2v) is 6.43. The van der Waals surface area contributed by atoms with E-state index in [1.807, 2.05) is 6.07 Å². The highest BCUT2D eigenvalue weighted by Crippen LogP contribution is 2.20. The Balaban J connectivity index is 2.35. The highest BCUT2D eigenvalue weighted by atomic mass is 32.2. The van der Waals surface area contributed by atoms with Gasteiger partial charge in [0.25, 0.3) is 0 Å². The van der Waals surface area contributed by atoms with Crippen molar-refractivity contribution in [2.24, 2.45) is 0 Å². The molecule has 0 aliphatic rings. The third kappa shape index (κ3) is 2.95. The van der Waals surface area contributed by atoms with Gasteiger partial charge in [-0.15, -0.1) is 0 Å². The predicted octanol–water partition coefficient (Wildman–Crippen LogP) is 1.82. The zero-order valence-electron chi connectivity index (χ0n) is 10.9. The highest BCUT2D eigenvalue weighted by Gasteiger charge is 2.16. The lowest BCUT2D eigenvalue weighted by molar-refractivity contribution is 0.595. The molecule has 0 saturated carbocycles. The summed E-state index contributed by atoms with van der Waals surface area (Å²) in [6.07, 6.45) is 1.43. The van der Waals surface area contributed by atoms with Crippen LogP contribution in [0, 0.1) is 18.3 Å². The van der Waals surface area contributed by atoms with Crippen LogP contribution < -0.4 is 5.73 Å². The van der Waals surface area contributed by atoms with Crippen LogP contribution in [0.4, 0.5) is 5.69 Å². The van der Waals surface area contributed by atoms with Gasteiger partial charge in [-0.25, -0.2) is 13.4 Å². The zero-order chi connectivity index (χ0) is 14.8. The molecule has 0 saturated heterocycles. The van der Waals surface area contributed by atoms with E-state index in [0.717, 1.165) is 5.56 Å². The van der Waals surface area contributed by atoms with E-state index in [9.17, 15) is 8.42 Å². The quantitative estimate of drug-likeness (QED) is 0.868. The Hall–Kier alpha value is -2.39. The van der Waals surface area contributed by atoms with Crippen LogP contribution in [0.2, 0.25) is 0 Å². The first-order valence-corrected chi connectivity index (χ1v) is 7.51. The maximum atomic E-state index is 12.3. The second-order valence-electron chi connectivity index (χ2n) is 4.44. The fourth-order valence-electron chi connectivity index (χ4n) is 1.77. The Morgan fingerprint density at radius 3 is 2.70 bits per heavy atom. The number of nitrogens with two attached hydrogens (primary N) is 1. The van der Waals surface area contributed by atoms with Gasteiger partial charge in [0.1, 0.15) is 11.8 Å². The summed E-state index contributed by atoms with van der Waals surface area (Å²) < 4.78 is 24.6. The van der Waals surface area contributed by atoms with E-state index in [4.69, 9.17) is 11.0 Å². The monoisotopic (exact) mass is 287 g/mol. The van der Waals surface area contributed by atoms with Gasteiger partial charge in [-0.2, -0.15) is 5.26 Å². The van der Waals surface area contributed by atoms with Crippen molar-refractivity contribution in [2.45, 2.75) is 17.6 Å². The van der Waals surface area contributed by atoms with Crippen LogP contribution in [0.1, 0.15) is 16.8 Å². The number of nitrogen functional groups attached to an aromatic ring is 1. The van der Waals surface area contributed by atoms with Crippen molar-refractivity contribution in [3.8, 4) is 6.07 Å². The Morgan fingerprint density at radius 1 is 1.30 bits per heavy atom. The number of hydrogen-bond donors (Lipinski definition) is 1. The number of hydrogen-bond acceptors (Lipinski definition) is 5. The van der Waals surface area contributed by atoms with Crippen LogP contribution in [0.15, 0.2) is 41.4 Å². The van der Waals surface area contributed by atoms with Crippen LogP contribution >= 0.6 is 0 Å². The van der Waals surface area contributed by atoms with Crippen molar-refractivity contribution in [1.82, 2.24) is 4.98 Å². The molecule has 0 aliphatic carbocycles. The lowest BCUT2D eigenvalue weighted by Gasteiger charge is -2.07. The molecule has 6 heteroatoms. The lowest BCUT2D eigenvalue weighted by Crippen LogP contribution is -2.06. The van der Waals surface area contributed by atoms with Crippen molar-refractivity contribution < 1.29 is 8.42 Å². The van der Waals surface area contributed by atoms with Gasteiger partial charge in [-0.3, -0.25) is 0 Å². The zero-order valence-corrected chi connectivity index (χ0v) is 11.7. The highest BCUT2D eigenvalue weighted by molar-refractivity contribution is 7.90. The Kier molecular flexibility index (Phi) is 3.72. The summed E-state index contributed by atoms with van der Waals surface area (Å²) in [4.78, 5) is 4.04. The smallest absolute Gasteiger partial charge is 0.182 e. The van der Waals surface area contributed by atoms with Crippen molar-refractivity contribution in [1.29, 1.82) is 5.26 Å². The van der Waals surface area contributed by atoms with Gasteiger partial charge in [0, 0.05) is 11.9 Å². The number of benzene rings is 1. The third-order valence-corrected chi connectivity index (χ3v) is 4.58. The van der Waals surface area contributed by atoms with E-state index in [-0.39, 0.29) is 16.3 Å². The van der Waals surface area contributed by atoms with E-state index in [2.05, 4.69) is 4.98 Å². The number of pyridine rings is 1. The van der Waals surface area contributed by atoms with Crippen LogP contribution in [-0.2, 0) is 15.6 Å². The number of rotatable bonds is 3. The van der Waals surface area contributed by atoms with E-state index in [1.165, 1.54) is 18.3 Å². The Labute approximate surface area is 117 Å². The molecule has 102 valence electrons. The molecule has 0 radical (unpaired) electrons. The van der Waals surface area contributed by atoms with Gasteiger partial charge >= 0.3 is 0 Å². The largest absolute Gasteiger partial charge is 0.399 e. The van der Waals surface area contributed by atoms with E-state index in [0.29, 0.717) is 11.3 Å². The molecule has 0 amide bonds. The number of sulfone groups is 1. The molecule has 0 fully saturated rings. The summed E-state index contributed by atoms with van der Waals surface area (Å²) in [7, 11) is -3.47. The van der Waals surface area contributed by atoms with Gasteiger partial charge in [0.15, 0.2) is 9.84 Å². The average Bonchev–Trinajstić information content (AvgIpc) is 2.41. The second kappa shape index (κ2) is 5.31. The summed E-state index contributed by atoms with van der Waals surface area (Å²) in [5.74, 6) is -0.173. The summed E-state index contributed by atoms with van der Waals surface area (Å²) in [5, 5.41) is 8.77. The summed E-state index contributed by atoms with van der Waals surface area (Å²) >= 11 is 0. The standard InChI is InChI=1S/C14H13N3O2S/c1-10-6-13(2-3-14(10)16)20(18,19)9-11-4-5-17-12(7-11)8-15/h2-7H,9,16H2,1H3. The molecule has 5 nitrogen and oxygen atoms in total. The summed E-state index contributed by atoms with van der Waals surface area (Å²) in [5.41, 5.74) is 7.69. The minimum Gasteiger partial charge on any atom is -0.399 e. The van der Waals surface area contributed by atoms with Gasteiger partial charge < -0.3 is 5.73 Å². The fourth-order valence-corrected chi connectivity index (χ4v) is 3.19. The molecule has 20 heavy (non-hydrogen) atoms. The van der Waals surface area contributed by atoms with Crippen molar-refractivity contribution in [2.75, 3.05) is 5.73 Å². The molecular formula is C14H13N3O2S. The van der Waals surface area contributed by atoms with Crippen LogP contribution in [-0.4, -0.2) is 13.4 Å².